The molecule has 162 valence electrons. The summed E-state index contributed by atoms with van der Waals surface area (Å²) in [5.41, 5.74) is 3.00. The first kappa shape index (κ1) is 20.9. The Hall–Kier alpha value is -2.34. The van der Waals surface area contributed by atoms with Gasteiger partial charge in [-0.1, -0.05) is 13.0 Å². The Labute approximate surface area is 178 Å². The predicted molar refractivity (Wildman–Crippen MR) is 118 cm³/mol. The smallest absolute Gasteiger partial charge is 0.414 e. The minimum atomic E-state index is -0.526. The van der Waals surface area contributed by atoms with E-state index in [2.05, 4.69) is 24.9 Å². The monoisotopic (exact) mass is 411 g/mol. The van der Waals surface area contributed by atoms with Crippen LogP contribution in [0.25, 0.3) is 16.8 Å². The van der Waals surface area contributed by atoms with Crippen LogP contribution in [0.5, 0.6) is 0 Å². The number of hydrogen-bond donors (Lipinski definition) is 0. The lowest BCUT2D eigenvalue weighted by Crippen LogP contribution is -2.39. The molecule has 6 heteroatoms. The van der Waals surface area contributed by atoms with Crippen molar-refractivity contribution in [1.29, 1.82) is 0 Å². The van der Waals surface area contributed by atoms with Crippen molar-refractivity contribution in [2.75, 3.05) is 26.7 Å². The summed E-state index contributed by atoms with van der Waals surface area (Å²) < 4.78 is 11.8. The van der Waals surface area contributed by atoms with Gasteiger partial charge < -0.3 is 14.1 Å². The quantitative estimate of drug-likeness (QED) is 0.675. The van der Waals surface area contributed by atoms with Crippen molar-refractivity contribution in [2.24, 2.45) is 5.92 Å². The fraction of sp³-hybridized carbons (Fsp3) is 0.583. The van der Waals surface area contributed by atoms with Gasteiger partial charge in [-0.05, 0) is 84.3 Å². The number of ether oxygens (including phenoxy) is 1. The number of rotatable bonds is 2. The Morgan fingerprint density at radius 1 is 1.23 bits per heavy atom. The molecule has 1 saturated heterocycles. The van der Waals surface area contributed by atoms with Gasteiger partial charge in [0.05, 0.1) is 5.70 Å². The fourth-order valence-corrected chi connectivity index (χ4v) is 4.21. The highest BCUT2D eigenvalue weighted by molar-refractivity contribution is 5.86. The summed E-state index contributed by atoms with van der Waals surface area (Å²) in [4.78, 5) is 21.8. The molecule has 4 rings (SSSR count). The molecule has 3 heterocycles. The van der Waals surface area contributed by atoms with Crippen LogP contribution in [-0.2, 0) is 4.74 Å². The Kier molecular flexibility index (Phi) is 5.62. The van der Waals surface area contributed by atoms with Crippen LogP contribution in [0.2, 0.25) is 0 Å². The van der Waals surface area contributed by atoms with Gasteiger partial charge in [0, 0.05) is 18.0 Å². The lowest BCUT2D eigenvalue weighted by Gasteiger charge is -2.33. The van der Waals surface area contributed by atoms with Crippen LogP contribution in [-0.4, -0.2) is 53.2 Å². The number of oxazole rings is 1. The zero-order chi connectivity index (χ0) is 21.5. The normalized spacial score (nSPS) is 21.7. The Bertz CT molecular complexity index is 948. The van der Waals surface area contributed by atoms with Gasteiger partial charge in [-0.2, -0.15) is 0 Å². The summed E-state index contributed by atoms with van der Waals surface area (Å²) in [5, 5.41) is 0. The third kappa shape index (κ3) is 4.53. The average molecular weight is 412 g/mol. The molecular formula is C24H33N3O3. The van der Waals surface area contributed by atoms with Gasteiger partial charge in [0.15, 0.2) is 11.5 Å². The van der Waals surface area contributed by atoms with Gasteiger partial charge >= 0.3 is 6.09 Å². The molecule has 1 amide bonds. The van der Waals surface area contributed by atoms with Crippen molar-refractivity contribution in [1.82, 2.24) is 14.8 Å². The number of hydrogen-bond acceptors (Lipinski definition) is 5. The summed E-state index contributed by atoms with van der Waals surface area (Å²) in [7, 11) is 2.16. The topological polar surface area (TPSA) is 58.8 Å². The number of aromatic nitrogens is 1. The molecule has 2 aliphatic heterocycles. The SMILES string of the molecule is CC1CC=C(c2ccc3oc(C4CCN(C)CC4)nc3c2)N(C(=O)OC(C)(C)C)C1. The number of benzene rings is 1. The molecule has 0 bridgehead atoms. The van der Waals surface area contributed by atoms with E-state index >= 15 is 0 Å². The first-order valence-electron chi connectivity index (χ1n) is 11.0. The second-order valence-electron chi connectivity index (χ2n) is 9.83. The van der Waals surface area contributed by atoms with Gasteiger partial charge in [-0.3, -0.25) is 4.90 Å². The van der Waals surface area contributed by atoms with Crippen molar-refractivity contribution in [3.63, 3.8) is 0 Å². The second-order valence-corrected chi connectivity index (χ2v) is 9.83. The van der Waals surface area contributed by atoms with E-state index in [1.165, 1.54) is 0 Å². The van der Waals surface area contributed by atoms with E-state index in [0.717, 1.165) is 60.6 Å². The van der Waals surface area contributed by atoms with Gasteiger partial charge in [0.1, 0.15) is 11.1 Å². The summed E-state index contributed by atoms with van der Waals surface area (Å²) in [6.45, 7) is 10.6. The molecule has 0 N–H and O–H groups in total. The molecule has 0 radical (unpaired) electrons. The van der Waals surface area contributed by atoms with Crippen molar-refractivity contribution in [3.05, 3.63) is 35.7 Å². The minimum Gasteiger partial charge on any atom is -0.443 e. The molecule has 30 heavy (non-hydrogen) atoms. The molecule has 0 saturated carbocycles. The van der Waals surface area contributed by atoms with Crippen LogP contribution in [0, 0.1) is 5.92 Å². The highest BCUT2D eigenvalue weighted by atomic mass is 16.6. The van der Waals surface area contributed by atoms with Crippen molar-refractivity contribution < 1.29 is 13.9 Å². The molecule has 1 aromatic heterocycles. The maximum absolute atomic E-state index is 12.9. The number of carbonyl (C=O) groups excluding carboxylic acids is 1. The summed E-state index contributed by atoms with van der Waals surface area (Å²) in [6.07, 6.45) is 4.92. The molecule has 2 aromatic rings. The van der Waals surface area contributed by atoms with Crippen LogP contribution < -0.4 is 0 Å². The van der Waals surface area contributed by atoms with Gasteiger partial charge in [-0.25, -0.2) is 9.78 Å². The molecule has 2 aliphatic rings. The predicted octanol–water partition coefficient (Wildman–Crippen LogP) is 5.25. The van der Waals surface area contributed by atoms with E-state index in [1.807, 2.05) is 39.0 Å². The summed E-state index contributed by atoms with van der Waals surface area (Å²) in [6, 6.07) is 6.03. The highest BCUT2D eigenvalue weighted by Crippen LogP contribution is 2.33. The zero-order valence-corrected chi connectivity index (χ0v) is 18.8. The van der Waals surface area contributed by atoms with E-state index < -0.39 is 5.60 Å². The molecule has 1 aromatic carbocycles. The Balaban J connectivity index is 1.61. The van der Waals surface area contributed by atoms with Crippen LogP contribution >= 0.6 is 0 Å². The first-order chi connectivity index (χ1) is 14.2. The second kappa shape index (κ2) is 8.06. The number of amides is 1. The van der Waals surface area contributed by atoms with Crippen LogP contribution in [0.1, 0.15) is 64.3 Å². The molecule has 1 fully saturated rings. The average Bonchev–Trinajstić information content (AvgIpc) is 3.10. The number of fused-ring (bicyclic) bond motifs is 1. The summed E-state index contributed by atoms with van der Waals surface area (Å²) >= 11 is 0. The number of likely N-dealkylation sites (tertiary alicyclic amines) is 1. The molecule has 1 atom stereocenters. The molecule has 0 spiro atoms. The van der Waals surface area contributed by atoms with E-state index in [1.54, 1.807) is 4.90 Å². The fourth-order valence-electron chi connectivity index (χ4n) is 4.21. The van der Waals surface area contributed by atoms with E-state index in [0.29, 0.717) is 18.4 Å². The third-order valence-electron chi connectivity index (χ3n) is 5.88. The van der Waals surface area contributed by atoms with Gasteiger partial charge in [0.25, 0.3) is 0 Å². The lowest BCUT2D eigenvalue weighted by molar-refractivity contribution is 0.0327. The molecule has 1 unspecified atom stereocenters. The van der Waals surface area contributed by atoms with E-state index in [9.17, 15) is 4.79 Å². The van der Waals surface area contributed by atoms with Crippen LogP contribution in [0.15, 0.2) is 28.7 Å². The highest BCUT2D eigenvalue weighted by Gasteiger charge is 2.30. The molecule has 6 nitrogen and oxygen atoms in total. The van der Waals surface area contributed by atoms with Gasteiger partial charge in [-0.15, -0.1) is 0 Å². The lowest BCUT2D eigenvalue weighted by atomic mass is 9.97. The van der Waals surface area contributed by atoms with Crippen molar-refractivity contribution in [3.8, 4) is 0 Å². The maximum Gasteiger partial charge on any atom is 0.414 e. The van der Waals surface area contributed by atoms with Crippen LogP contribution in [0.3, 0.4) is 0 Å². The first-order valence-corrected chi connectivity index (χ1v) is 11.0. The minimum absolute atomic E-state index is 0.299. The number of allylic oxidation sites excluding steroid dienone is 1. The number of carbonyl (C=O) groups is 1. The number of piperidine rings is 1. The molecular weight excluding hydrogens is 378 g/mol. The van der Waals surface area contributed by atoms with Crippen LogP contribution in [0.4, 0.5) is 4.79 Å². The zero-order valence-electron chi connectivity index (χ0n) is 18.8. The van der Waals surface area contributed by atoms with E-state index in [4.69, 9.17) is 14.1 Å². The largest absolute Gasteiger partial charge is 0.443 e. The summed E-state index contributed by atoms with van der Waals surface area (Å²) in [5.74, 6) is 1.61. The van der Waals surface area contributed by atoms with Gasteiger partial charge in [0.2, 0.25) is 0 Å². The Morgan fingerprint density at radius 2 is 1.97 bits per heavy atom. The van der Waals surface area contributed by atoms with Crippen molar-refractivity contribution in [2.45, 2.75) is 58.5 Å². The number of nitrogens with zero attached hydrogens (tertiary/aromatic N) is 3. The Morgan fingerprint density at radius 3 is 2.67 bits per heavy atom. The maximum atomic E-state index is 12.9. The standard InChI is InChI=1S/C24H33N3O3/c1-16-6-8-20(27(15-16)23(28)30-24(2,3)4)18-7-9-21-19(14-18)25-22(29-21)17-10-12-26(5)13-11-17/h7-9,14,16-17H,6,10-13,15H2,1-5H3. The van der Waals surface area contributed by atoms with Crippen molar-refractivity contribution >= 4 is 22.9 Å². The molecule has 0 aliphatic carbocycles. The van der Waals surface area contributed by atoms with E-state index in [-0.39, 0.29) is 6.09 Å². The third-order valence-corrected chi connectivity index (χ3v) is 5.88.